The maximum atomic E-state index is 12.4. The predicted octanol–water partition coefficient (Wildman–Crippen LogP) is 4.58. The first-order valence-electron chi connectivity index (χ1n) is 9.78. The number of benzene rings is 3. The molecule has 0 saturated heterocycles. The van der Waals surface area contributed by atoms with Gasteiger partial charge in [0.15, 0.2) is 5.58 Å². The molecular weight excluding hydrogens is 364 g/mol. The highest BCUT2D eigenvalue weighted by molar-refractivity contribution is 5.92. The Labute approximate surface area is 167 Å². The first-order chi connectivity index (χ1) is 14.2. The number of rotatable bonds is 5. The molecule has 0 bridgehead atoms. The molecule has 0 atom stereocenters. The van der Waals surface area contributed by atoms with Gasteiger partial charge in [-0.25, -0.2) is 4.79 Å². The largest absolute Gasteiger partial charge is 0.419 e. The Morgan fingerprint density at radius 3 is 2.69 bits per heavy atom. The molecule has 5 heteroatoms. The van der Waals surface area contributed by atoms with Crippen molar-refractivity contribution in [2.75, 3.05) is 5.32 Å². The van der Waals surface area contributed by atoms with Gasteiger partial charge in [0.1, 0.15) is 0 Å². The Kier molecular flexibility index (Phi) is 4.28. The first kappa shape index (κ1) is 17.5. The molecule has 5 rings (SSSR count). The van der Waals surface area contributed by atoms with Gasteiger partial charge in [0, 0.05) is 18.7 Å². The molecule has 0 radical (unpaired) electrons. The number of carbonyl (C=O) groups is 1. The molecule has 144 valence electrons. The van der Waals surface area contributed by atoms with E-state index in [0.29, 0.717) is 25.0 Å². The number of carbonyl (C=O) groups excluding carboxylic acids is 1. The van der Waals surface area contributed by atoms with Gasteiger partial charge in [-0.1, -0.05) is 42.5 Å². The number of hydrogen-bond donors (Lipinski definition) is 1. The van der Waals surface area contributed by atoms with E-state index in [4.69, 9.17) is 4.42 Å². The number of aromatic nitrogens is 1. The van der Waals surface area contributed by atoms with Gasteiger partial charge >= 0.3 is 5.76 Å². The molecule has 1 heterocycles. The van der Waals surface area contributed by atoms with Gasteiger partial charge in [-0.3, -0.25) is 9.36 Å². The van der Waals surface area contributed by atoms with Crippen molar-refractivity contribution < 1.29 is 9.21 Å². The molecule has 1 N–H and O–H groups in total. The molecule has 0 aliphatic heterocycles. The highest BCUT2D eigenvalue weighted by atomic mass is 16.4. The van der Waals surface area contributed by atoms with Crippen LogP contribution in [-0.2, 0) is 17.8 Å². The average Bonchev–Trinajstić information content (AvgIpc) is 3.25. The molecule has 1 aliphatic rings. The van der Waals surface area contributed by atoms with Crippen LogP contribution in [0.3, 0.4) is 0 Å². The third-order valence-electron chi connectivity index (χ3n) is 5.44. The van der Waals surface area contributed by atoms with Gasteiger partial charge in [-0.05, 0) is 59.4 Å². The van der Waals surface area contributed by atoms with Crippen LogP contribution in [-0.4, -0.2) is 10.5 Å². The van der Waals surface area contributed by atoms with E-state index in [2.05, 4.69) is 29.6 Å². The Morgan fingerprint density at radius 2 is 1.76 bits per heavy atom. The van der Waals surface area contributed by atoms with E-state index in [1.54, 1.807) is 10.6 Å². The Balaban J connectivity index is 1.24. The molecule has 0 saturated carbocycles. The summed E-state index contributed by atoms with van der Waals surface area (Å²) < 4.78 is 6.81. The molecule has 0 unspecified atom stereocenters. The third-order valence-corrected chi connectivity index (χ3v) is 5.44. The SMILES string of the molecule is O=C(CCCn1c(=O)oc2ccccc21)Nc1ccc2c(c1)-c1ccccc1C2. The zero-order valence-electron chi connectivity index (χ0n) is 15.9. The van der Waals surface area contributed by atoms with Crippen LogP contribution in [0.4, 0.5) is 5.69 Å². The summed E-state index contributed by atoms with van der Waals surface area (Å²) in [6.07, 6.45) is 1.83. The van der Waals surface area contributed by atoms with Crippen LogP contribution in [0.25, 0.3) is 22.2 Å². The van der Waals surface area contributed by atoms with Crippen LogP contribution >= 0.6 is 0 Å². The van der Waals surface area contributed by atoms with Crippen molar-refractivity contribution in [1.82, 2.24) is 4.57 Å². The second kappa shape index (κ2) is 7.09. The minimum absolute atomic E-state index is 0.0583. The number of nitrogens with zero attached hydrogens (tertiary/aromatic N) is 1. The van der Waals surface area contributed by atoms with Crippen molar-refractivity contribution >= 4 is 22.7 Å². The van der Waals surface area contributed by atoms with Crippen molar-refractivity contribution in [3.8, 4) is 11.1 Å². The number of hydrogen-bond acceptors (Lipinski definition) is 3. The van der Waals surface area contributed by atoms with Crippen LogP contribution in [0.1, 0.15) is 24.0 Å². The Morgan fingerprint density at radius 1 is 0.966 bits per heavy atom. The number of fused-ring (bicyclic) bond motifs is 4. The van der Waals surface area contributed by atoms with Gasteiger partial charge in [-0.15, -0.1) is 0 Å². The van der Waals surface area contributed by atoms with E-state index in [1.807, 2.05) is 36.4 Å². The van der Waals surface area contributed by atoms with Gasteiger partial charge in [0.05, 0.1) is 5.52 Å². The second-order valence-electron chi connectivity index (χ2n) is 7.34. The molecule has 0 fully saturated rings. The van der Waals surface area contributed by atoms with Crippen molar-refractivity contribution in [2.24, 2.45) is 0 Å². The summed E-state index contributed by atoms with van der Waals surface area (Å²) in [6.45, 7) is 0.445. The third kappa shape index (κ3) is 3.25. The van der Waals surface area contributed by atoms with Crippen LogP contribution in [0.15, 0.2) is 75.9 Å². The zero-order chi connectivity index (χ0) is 19.8. The summed E-state index contributed by atoms with van der Waals surface area (Å²) in [5.41, 5.74) is 7.17. The van der Waals surface area contributed by atoms with Gasteiger partial charge in [-0.2, -0.15) is 0 Å². The quantitative estimate of drug-likeness (QED) is 0.482. The lowest BCUT2D eigenvalue weighted by molar-refractivity contribution is -0.116. The lowest BCUT2D eigenvalue weighted by Gasteiger charge is -2.08. The fourth-order valence-corrected chi connectivity index (χ4v) is 4.05. The Bertz CT molecular complexity index is 1280. The summed E-state index contributed by atoms with van der Waals surface area (Å²) >= 11 is 0. The van der Waals surface area contributed by atoms with Crippen LogP contribution < -0.4 is 11.1 Å². The molecule has 1 aliphatic carbocycles. The van der Waals surface area contributed by atoms with E-state index < -0.39 is 0 Å². The van der Waals surface area contributed by atoms with E-state index in [0.717, 1.165) is 17.6 Å². The summed E-state index contributed by atoms with van der Waals surface area (Å²) in [5, 5.41) is 2.98. The van der Waals surface area contributed by atoms with E-state index in [9.17, 15) is 9.59 Å². The number of amides is 1. The predicted molar refractivity (Wildman–Crippen MR) is 113 cm³/mol. The molecule has 4 aromatic rings. The van der Waals surface area contributed by atoms with Gasteiger partial charge in [0.25, 0.3) is 0 Å². The van der Waals surface area contributed by atoms with Crippen molar-refractivity contribution in [1.29, 1.82) is 0 Å². The first-order valence-corrected chi connectivity index (χ1v) is 9.78. The average molecular weight is 384 g/mol. The molecule has 1 amide bonds. The highest BCUT2D eigenvalue weighted by Crippen LogP contribution is 2.37. The lowest BCUT2D eigenvalue weighted by Crippen LogP contribution is -2.17. The zero-order valence-corrected chi connectivity index (χ0v) is 15.9. The number of para-hydroxylation sites is 2. The molecule has 3 aromatic carbocycles. The summed E-state index contributed by atoms with van der Waals surface area (Å²) in [7, 11) is 0. The maximum Gasteiger partial charge on any atom is 0.419 e. The minimum atomic E-state index is -0.385. The Hall–Kier alpha value is -3.60. The highest BCUT2D eigenvalue weighted by Gasteiger charge is 2.18. The molecular formula is C24H20N2O3. The van der Waals surface area contributed by atoms with Crippen LogP contribution in [0, 0.1) is 0 Å². The van der Waals surface area contributed by atoms with E-state index in [-0.39, 0.29) is 11.7 Å². The standard InChI is InChI=1S/C24H20N2O3/c27-23(10-5-13-26-21-8-3-4-9-22(21)29-24(26)28)25-18-12-11-17-14-16-6-1-2-7-19(16)20(17)15-18/h1-4,6-9,11-12,15H,5,10,13-14H2,(H,25,27). The summed E-state index contributed by atoms with van der Waals surface area (Å²) in [4.78, 5) is 24.4. The fraction of sp³-hybridized carbons (Fsp3) is 0.167. The van der Waals surface area contributed by atoms with Crippen LogP contribution in [0.5, 0.6) is 0 Å². The second-order valence-corrected chi connectivity index (χ2v) is 7.34. The van der Waals surface area contributed by atoms with Gasteiger partial charge < -0.3 is 9.73 Å². The molecule has 5 nitrogen and oxygen atoms in total. The fourth-order valence-electron chi connectivity index (χ4n) is 4.05. The summed E-state index contributed by atoms with van der Waals surface area (Å²) in [5.74, 6) is -0.444. The number of nitrogens with one attached hydrogen (secondary N) is 1. The van der Waals surface area contributed by atoms with Gasteiger partial charge in [0.2, 0.25) is 5.91 Å². The topological polar surface area (TPSA) is 64.2 Å². The number of oxazole rings is 1. The normalized spacial score (nSPS) is 12.0. The van der Waals surface area contributed by atoms with E-state index in [1.165, 1.54) is 22.3 Å². The maximum absolute atomic E-state index is 12.4. The van der Waals surface area contributed by atoms with Crippen molar-refractivity contribution in [2.45, 2.75) is 25.8 Å². The minimum Gasteiger partial charge on any atom is -0.408 e. The monoisotopic (exact) mass is 384 g/mol. The number of aryl methyl sites for hydroxylation is 1. The summed E-state index contributed by atoms with van der Waals surface area (Å²) in [6, 6.07) is 21.8. The molecule has 0 spiro atoms. The van der Waals surface area contributed by atoms with Crippen molar-refractivity contribution in [3.05, 3.63) is 88.4 Å². The molecule has 29 heavy (non-hydrogen) atoms. The molecule has 1 aromatic heterocycles. The van der Waals surface area contributed by atoms with E-state index >= 15 is 0 Å². The van der Waals surface area contributed by atoms with Crippen molar-refractivity contribution in [3.63, 3.8) is 0 Å². The van der Waals surface area contributed by atoms with Crippen LogP contribution in [0.2, 0.25) is 0 Å². The number of anilines is 1. The lowest BCUT2D eigenvalue weighted by atomic mass is 10.1. The smallest absolute Gasteiger partial charge is 0.408 e.